The number of rotatable bonds is 1. The highest BCUT2D eigenvalue weighted by molar-refractivity contribution is 6.01. The Morgan fingerprint density at radius 1 is 1.00 bits per heavy atom. The number of hydrogen-bond acceptors (Lipinski definition) is 2. The second-order valence-corrected chi connectivity index (χ2v) is 4.51. The first kappa shape index (κ1) is 10.8. The largest absolute Gasteiger partial charge is 0.361 e. The Bertz CT molecular complexity index is 593. The first-order valence-electron chi connectivity index (χ1n) is 5.97. The maximum Gasteiger partial charge on any atom is 0.255 e. The topological polar surface area (TPSA) is 41.1 Å². The van der Waals surface area contributed by atoms with Crippen LogP contribution in [0.5, 0.6) is 0 Å². The molecule has 2 aromatic carbocycles. The van der Waals surface area contributed by atoms with Gasteiger partial charge in [0.1, 0.15) is 6.17 Å². The Morgan fingerprint density at radius 3 is 2.56 bits per heavy atom. The molecule has 1 aliphatic rings. The molecule has 90 valence electrons. The summed E-state index contributed by atoms with van der Waals surface area (Å²) in [5.41, 5.74) is 3.79. The van der Waals surface area contributed by atoms with Crippen LogP contribution in [0.1, 0.15) is 27.7 Å². The van der Waals surface area contributed by atoms with Crippen molar-refractivity contribution in [2.24, 2.45) is 0 Å². The number of carbonyl (C=O) groups is 1. The number of carbonyl (C=O) groups excluding carboxylic acids is 1. The van der Waals surface area contributed by atoms with Crippen molar-refractivity contribution in [3.05, 3.63) is 65.2 Å². The van der Waals surface area contributed by atoms with E-state index in [-0.39, 0.29) is 12.1 Å². The zero-order chi connectivity index (χ0) is 12.5. The molecule has 0 saturated carbocycles. The van der Waals surface area contributed by atoms with Gasteiger partial charge in [-0.3, -0.25) is 4.79 Å². The van der Waals surface area contributed by atoms with E-state index in [0.29, 0.717) is 5.56 Å². The van der Waals surface area contributed by atoms with Crippen LogP contribution in [0, 0.1) is 6.92 Å². The highest BCUT2D eigenvalue weighted by Gasteiger charge is 2.24. The maximum atomic E-state index is 12.0. The van der Waals surface area contributed by atoms with E-state index in [1.54, 1.807) is 0 Å². The van der Waals surface area contributed by atoms with Crippen molar-refractivity contribution >= 4 is 11.6 Å². The molecule has 1 atom stereocenters. The molecule has 2 N–H and O–H groups in total. The van der Waals surface area contributed by atoms with Crippen LogP contribution in [0.2, 0.25) is 0 Å². The minimum Gasteiger partial charge on any atom is -0.361 e. The Morgan fingerprint density at radius 2 is 1.78 bits per heavy atom. The molecule has 1 unspecified atom stereocenters. The van der Waals surface area contributed by atoms with Crippen molar-refractivity contribution in [3.8, 4) is 0 Å². The van der Waals surface area contributed by atoms with E-state index < -0.39 is 0 Å². The number of fused-ring (bicyclic) bond motifs is 1. The molecule has 0 radical (unpaired) electrons. The van der Waals surface area contributed by atoms with Gasteiger partial charge < -0.3 is 10.6 Å². The SMILES string of the molecule is Cc1ccc2c(c1)NC(c1ccccc1)NC2=O. The van der Waals surface area contributed by atoms with Gasteiger partial charge >= 0.3 is 0 Å². The fourth-order valence-corrected chi connectivity index (χ4v) is 2.19. The van der Waals surface area contributed by atoms with Crippen molar-refractivity contribution in [1.82, 2.24) is 5.32 Å². The van der Waals surface area contributed by atoms with Crippen molar-refractivity contribution < 1.29 is 4.79 Å². The Hall–Kier alpha value is -2.29. The van der Waals surface area contributed by atoms with Crippen LogP contribution in [0.4, 0.5) is 5.69 Å². The van der Waals surface area contributed by atoms with Gasteiger partial charge in [-0.25, -0.2) is 0 Å². The summed E-state index contributed by atoms with van der Waals surface area (Å²) in [6.45, 7) is 2.02. The zero-order valence-corrected chi connectivity index (χ0v) is 10.1. The first-order chi connectivity index (χ1) is 8.74. The molecule has 1 amide bonds. The molecule has 2 aromatic rings. The number of hydrogen-bond donors (Lipinski definition) is 2. The fraction of sp³-hybridized carbons (Fsp3) is 0.133. The lowest BCUT2D eigenvalue weighted by Crippen LogP contribution is -2.38. The molecule has 3 nitrogen and oxygen atoms in total. The van der Waals surface area contributed by atoms with Gasteiger partial charge in [-0.1, -0.05) is 36.4 Å². The average Bonchev–Trinajstić information content (AvgIpc) is 2.39. The van der Waals surface area contributed by atoms with Crippen molar-refractivity contribution in [3.63, 3.8) is 0 Å². The molecule has 0 saturated heterocycles. The number of benzene rings is 2. The van der Waals surface area contributed by atoms with Gasteiger partial charge in [0, 0.05) is 5.69 Å². The lowest BCUT2D eigenvalue weighted by molar-refractivity contribution is 0.0935. The Labute approximate surface area is 106 Å². The summed E-state index contributed by atoms with van der Waals surface area (Å²) in [5.74, 6) is -0.0300. The van der Waals surface area contributed by atoms with Crippen molar-refractivity contribution in [1.29, 1.82) is 0 Å². The normalized spacial score (nSPS) is 17.6. The minimum absolute atomic E-state index is 0.0300. The highest BCUT2D eigenvalue weighted by atomic mass is 16.2. The zero-order valence-electron chi connectivity index (χ0n) is 10.1. The van der Waals surface area contributed by atoms with Gasteiger partial charge in [0.15, 0.2) is 0 Å². The van der Waals surface area contributed by atoms with E-state index in [2.05, 4.69) is 10.6 Å². The van der Waals surface area contributed by atoms with Crippen LogP contribution < -0.4 is 10.6 Å². The molecule has 3 rings (SSSR count). The highest BCUT2D eigenvalue weighted by Crippen LogP contribution is 2.27. The molecule has 1 heterocycles. The summed E-state index contributed by atoms with van der Waals surface area (Å²) in [5, 5.41) is 6.31. The van der Waals surface area contributed by atoms with Crippen LogP contribution in [0.25, 0.3) is 0 Å². The van der Waals surface area contributed by atoms with Crippen molar-refractivity contribution in [2.45, 2.75) is 13.1 Å². The fourth-order valence-electron chi connectivity index (χ4n) is 2.19. The third-order valence-corrected chi connectivity index (χ3v) is 3.13. The van der Waals surface area contributed by atoms with Gasteiger partial charge in [-0.15, -0.1) is 0 Å². The van der Waals surface area contributed by atoms with Crippen molar-refractivity contribution in [2.75, 3.05) is 5.32 Å². The van der Waals surface area contributed by atoms with E-state index in [9.17, 15) is 4.79 Å². The van der Waals surface area contributed by atoms with Crippen LogP contribution in [0.3, 0.4) is 0 Å². The second kappa shape index (κ2) is 4.18. The van der Waals surface area contributed by atoms with E-state index in [4.69, 9.17) is 0 Å². The van der Waals surface area contributed by atoms with E-state index in [1.807, 2.05) is 55.5 Å². The summed E-state index contributed by atoms with van der Waals surface area (Å²) in [6, 6.07) is 15.7. The smallest absolute Gasteiger partial charge is 0.255 e. The number of nitrogens with one attached hydrogen (secondary N) is 2. The van der Waals surface area contributed by atoms with Crippen LogP contribution >= 0.6 is 0 Å². The summed E-state index contributed by atoms with van der Waals surface area (Å²) >= 11 is 0. The molecular formula is C15H14N2O. The molecule has 1 aliphatic heterocycles. The van der Waals surface area contributed by atoms with E-state index >= 15 is 0 Å². The van der Waals surface area contributed by atoms with Crippen LogP contribution in [0.15, 0.2) is 48.5 Å². The lowest BCUT2D eigenvalue weighted by atomic mass is 10.0. The third kappa shape index (κ3) is 1.84. The van der Waals surface area contributed by atoms with E-state index in [0.717, 1.165) is 16.8 Å². The Balaban J connectivity index is 1.98. The quantitative estimate of drug-likeness (QED) is 0.802. The molecule has 0 bridgehead atoms. The second-order valence-electron chi connectivity index (χ2n) is 4.51. The lowest BCUT2D eigenvalue weighted by Gasteiger charge is -2.28. The number of anilines is 1. The summed E-state index contributed by atoms with van der Waals surface area (Å²) < 4.78 is 0. The predicted octanol–water partition coefficient (Wildman–Crippen LogP) is 2.85. The maximum absolute atomic E-state index is 12.0. The minimum atomic E-state index is -0.159. The van der Waals surface area contributed by atoms with Crippen LogP contribution in [-0.4, -0.2) is 5.91 Å². The van der Waals surface area contributed by atoms with Gasteiger partial charge in [-0.2, -0.15) is 0 Å². The number of amides is 1. The molecule has 0 spiro atoms. The van der Waals surface area contributed by atoms with Gasteiger partial charge in [0.2, 0.25) is 0 Å². The predicted molar refractivity (Wildman–Crippen MR) is 71.5 cm³/mol. The molecule has 18 heavy (non-hydrogen) atoms. The van der Waals surface area contributed by atoms with Gasteiger partial charge in [0.25, 0.3) is 5.91 Å². The number of aryl methyl sites for hydroxylation is 1. The summed E-state index contributed by atoms with van der Waals surface area (Å²) in [6.07, 6.45) is -0.159. The van der Waals surface area contributed by atoms with Crippen LogP contribution in [-0.2, 0) is 0 Å². The molecular weight excluding hydrogens is 224 g/mol. The third-order valence-electron chi connectivity index (χ3n) is 3.13. The summed E-state index contributed by atoms with van der Waals surface area (Å²) in [4.78, 5) is 12.0. The van der Waals surface area contributed by atoms with Gasteiger partial charge in [-0.05, 0) is 30.2 Å². The molecule has 0 aliphatic carbocycles. The summed E-state index contributed by atoms with van der Waals surface area (Å²) in [7, 11) is 0. The Kier molecular flexibility index (Phi) is 2.52. The van der Waals surface area contributed by atoms with E-state index in [1.165, 1.54) is 0 Å². The standard InChI is InChI=1S/C15H14N2O/c1-10-7-8-12-13(9-10)16-14(17-15(12)18)11-5-3-2-4-6-11/h2-9,14,16H,1H3,(H,17,18). The first-order valence-corrected chi connectivity index (χ1v) is 5.97. The molecule has 0 fully saturated rings. The monoisotopic (exact) mass is 238 g/mol. The molecule has 0 aromatic heterocycles. The van der Waals surface area contributed by atoms with Gasteiger partial charge in [0.05, 0.1) is 5.56 Å². The average molecular weight is 238 g/mol. The molecule has 3 heteroatoms.